The van der Waals surface area contributed by atoms with Crippen LogP contribution in [0.25, 0.3) is 0 Å². The highest BCUT2D eigenvalue weighted by atomic mass is 35.5. The van der Waals surface area contributed by atoms with Crippen LogP contribution in [0.4, 0.5) is 5.69 Å². The molecule has 0 saturated carbocycles. The summed E-state index contributed by atoms with van der Waals surface area (Å²) in [4.78, 5) is 12.7. The topological polar surface area (TPSA) is 75.7 Å². The molecule has 0 aromatic heterocycles. The maximum Gasteiger partial charge on any atom is 0.257 e. The molecule has 0 bridgehead atoms. The number of hydrogen-bond acceptors (Lipinski definition) is 4. The summed E-state index contributed by atoms with van der Waals surface area (Å²) in [5, 5.41) is 3.28. The summed E-state index contributed by atoms with van der Waals surface area (Å²) in [7, 11) is -3.69. The Hall–Kier alpha value is -1.80. The average molecular weight is 445 g/mol. The van der Waals surface area contributed by atoms with E-state index in [2.05, 4.69) is 5.32 Å². The maximum absolute atomic E-state index is 12.8. The van der Waals surface area contributed by atoms with Crippen LogP contribution in [0.2, 0.25) is 10.0 Å². The summed E-state index contributed by atoms with van der Waals surface area (Å²) in [5.74, 6) is -0.139. The van der Waals surface area contributed by atoms with Gasteiger partial charge in [-0.1, -0.05) is 37.0 Å². The third-order valence-electron chi connectivity index (χ3n) is 4.02. The Morgan fingerprint density at radius 3 is 2.32 bits per heavy atom. The fourth-order valence-corrected chi connectivity index (χ4v) is 4.60. The molecule has 0 unspecified atom stereocenters. The van der Waals surface area contributed by atoms with Crippen molar-refractivity contribution in [1.29, 1.82) is 0 Å². The molecule has 28 heavy (non-hydrogen) atoms. The van der Waals surface area contributed by atoms with Crippen molar-refractivity contribution in [2.75, 3.05) is 25.0 Å². The highest BCUT2D eigenvalue weighted by Crippen LogP contribution is 2.30. The van der Waals surface area contributed by atoms with Gasteiger partial charge in [0.1, 0.15) is 5.75 Å². The minimum absolute atomic E-state index is 0.0668. The Labute approximate surface area is 175 Å². The van der Waals surface area contributed by atoms with Crippen LogP contribution in [0.1, 0.15) is 31.1 Å². The molecule has 2 rings (SSSR count). The Morgan fingerprint density at radius 2 is 1.75 bits per heavy atom. The second kappa shape index (κ2) is 9.60. The first-order valence-electron chi connectivity index (χ1n) is 8.77. The highest BCUT2D eigenvalue weighted by molar-refractivity contribution is 7.89. The predicted octanol–water partition coefficient (Wildman–Crippen LogP) is 4.67. The van der Waals surface area contributed by atoms with Crippen LogP contribution in [0.15, 0.2) is 41.3 Å². The van der Waals surface area contributed by atoms with Gasteiger partial charge in [-0.25, -0.2) is 8.42 Å². The number of benzene rings is 2. The summed E-state index contributed by atoms with van der Waals surface area (Å²) in [5.41, 5.74) is 0.455. The zero-order chi connectivity index (χ0) is 20.9. The van der Waals surface area contributed by atoms with E-state index >= 15 is 0 Å². The molecule has 0 saturated heterocycles. The quantitative estimate of drug-likeness (QED) is 0.641. The normalized spacial score (nSPS) is 11.5. The molecular formula is C19H22Cl2N2O4S. The van der Waals surface area contributed by atoms with E-state index in [0.29, 0.717) is 30.5 Å². The smallest absolute Gasteiger partial charge is 0.257 e. The number of carbonyl (C=O) groups excluding carboxylic acids is 1. The molecule has 0 aliphatic heterocycles. The monoisotopic (exact) mass is 444 g/mol. The maximum atomic E-state index is 12.8. The van der Waals surface area contributed by atoms with E-state index in [1.165, 1.54) is 34.6 Å². The molecule has 1 N–H and O–H groups in total. The number of sulfonamides is 1. The predicted molar refractivity (Wildman–Crippen MR) is 112 cm³/mol. The van der Waals surface area contributed by atoms with Crippen molar-refractivity contribution in [3.05, 3.63) is 52.0 Å². The van der Waals surface area contributed by atoms with E-state index in [0.717, 1.165) is 0 Å². The third kappa shape index (κ3) is 4.97. The minimum Gasteiger partial charge on any atom is -0.492 e. The zero-order valence-corrected chi connectivity index (χ0v) is 18.2. The van der Waals surface area contributed by atoms with Gasteiger partial charge >= 0.3 is 0 Å². The number of hydrogen-bond donors (Lipinski definition) is 1. The van der Waals surface area contributed by atoms with Crippen LogP contribution in [0, 0.1) is 0 Å². The number of ether oxygens (including phenoxy) is 1. The second-order valence-corrected chi connectivity index (χ2v) is 8.54. The van der Waals surface area contributed by atoms with E-state index in [9.17, 15) is 13.2 Å². The van der Waals surface area contributed by atoms with E-state index in [-0.39, 0.29) is 21.2 Å². The van der Waals surface area contributed by atoms with Gasteiger partial charge in [-0.2, -0.15) is 4.31 Å². The lowest BCUT2D eigenvalue weighted by atomic mass is 10.2. The van der Waals surface area contributed by atoms with Gasteiger partial charge in [0.2, 0.25) is 10.0 Å². The molecule has 0 atom stereocenters. The second-order valence-electron chi connectivity index (χ2n) is 5.76. The minimum atomic E-state index is -3.69. The van der Waals surface area contributed by atoms with Crippen LogP contribution in [-0.4, -0.2) is 38.3 Å². The molecule has 0 aliphatic rings. The third-order valence-corrected chi connectivity index (χ3v) is 6.61. The van der Waals surface area contributed by atoms with Crippen LogP contribution < -0.4 is 10.1 Å². The molecule has 2 aromatic carbocycles. The largest absolute Gasteiger partial charge is 0.492 e. The standard InChI is InChI=1S/C19H22Cl2N2O4S/c1-4-23(5-2)28(25,26)14-8-10-18(27-6-3)17(12-14)22-19(24)15-9-7-13(20)11-16(15)21/h7-12H,4-6H2,1-3H3,(H,22,24). The van der Waals surface area contributed by atoms with Crippen molar-refractivity contribution >= 4 is 44.8 Å². The van der Waals surface area contributed by atoms with Crippen molar-refractivity contribution in [1.82, 2.24) is 4.31 Å². The number of rotatable bonds is 8. The van der Waals surface area contributed by atoms with Crippen LogP contribution in [0.5, 0.6) is 5.75 Å². The summed E-state index contributed by atoms with van der Waals surface area (Å²) in [6.45, 7) is 6.36. The lowest BCUT2D eigenvalue weighted by Crippen LogP contribution is -2.30. The van der Waals surface area contributed by atoms with Crippen molar-refractivity contribution in [2.24, 2.45) is 0 Å². The van der Waals surface area contributed by atoms with E-state index < -0.39 is 15.9 Å². The SMILES string of the molecule is CCOc1ccc(S(=O)(=O)N(CC)CC)cc1NC(=O)c1ccc(Cl)cc1Cl. The molecule has 1 amide bonds. The number of nitrogens with zero attached hydrogens (tertiary/aromatic N) is 1. The lowest BCUT2D eigenvalue weighted by molar-refractivity contribution is 0.102. The van der Waals surface area contributed by atoms with Gasteiger partial charge in [0.05, 0.1) is 27.8 Å². The number of nitrogens with one attached hydrogen (secondary N) is 1. The van der Waals surface area contributed by atoms with Gasteiger partial charge in [-0.05, 0) is 43.3 Å². The summed E-state index contributed by atoms with van der Waals surface area (Å²) < 4.78 is 32.5. The molecule has 0 spiro atoms. The first kappa shape index (κ1) is 22.5. The van der Waals surface area contributed by atoms with Gasteiger partial charge in [-0.3, -0.25) is 4.79 Å². The van der Waals surface area contributed by atoms with Gasteiger partial charge in [0.25, 0.3) is 5.91 Å². The van der Waals surface area contributed by atoms with Gasteiger partial charge < -0.3 is 10.1 Å². The van der Waals surface area contributed by atoms with Crippen molar-refractivity contribution in [2.45, 2.75) is 25.7 Å². The molecule has 152 valence electrons. The van der Waals surface area contributed by atoms with Crippen LogP contribution in [-0.2, 0) is 10.0 Å². The summed E-state index contributed by atoms with van der Waals surface area (Å²) in [6.07, 6.45) is 0. The molecule has 2 aromatic rings. The Bertz CT molecular complexity index is 960. The fraction of sp³-hybridized carbons (Fsp3) is 0.316. The molecule has 0 aliphatic carbocycles. The van der Waals surface area contributed by atoms with Gasteiger partial charge in [0, 0.05) is 18.1 Å². The van der Waals surface area contributed by atoms with E-state index in [1.54, 1.807) is 26.8 Å². The highest BCUT2D eigenvalue weighted by Gasteiger charge is 2.23. The van der Waals surface area contributed by atoms with Crippen molar-refractivity contribution in [3.8, 4) is 5.75 Å². The molecule has 0 fully saturated rings. The molecule has 0 heterocycles. The molecule has 0 radical (unpaired) electrons. The summed E-state index contributed by atoms with van der Waals surface area (Å²) in [6, 6.07) is 8.88. The number of halogens is 2. The number of anilines is 1. The Kier molecular flexibility index (Phi) is 7.71. The zero-order valence-electron chi connectivity index (χ0n) is 15.8. The van der Waals surface area contributed by atoms with Crippen molar-refractivity contribution in [3.63, 3.8) is 0 Å². The van der Waals surface area contributed by atoms with Crippen molar-refractivity contribution < 1.29 is 17.9 Å². The lowest BCUT2D eigenvalue weighted by Gasteiger charge is -2.20. The molecule has 6 nitrogen and oxygen atoms in total. The number of carbonyl (C=O) groups is 1. The van der Waals surface area contributed by atoms with E-state index in [1.807, 2.05) is 0 Å². The van der Waals surface area contributed by atoms with Gasteiger partial charge in [0.15, 0.2) is 0 Å². The first-order chi connectivity index (χ1) is 13.2. The van der Waals surface area contributed by atoms with Crippen LogP contribution >= 0.6 is 23.2 Å². The Balaban J connectivity index is 2.45. The van der Waals surface area contributed by atoms with Gasteiger partial charge in [-0.15, -0.1) is 0 Å². The average Bonchev–Trinajstić information content (AvgIpc) is 2.63. The summed E-state index contributed by atoms with van der Waals surface area (Å²) >= 11 is 12.0. The van der Waals surface area contributed by atoms with E-state index in [4.69, 9.17) is 27.9 Å². The first-order valence-corrected chi connectivity index (χ1v) is 11.0. The molecule has 9 heteroatoms. The molecular weight excluding hydrogens is 423 g/mol. The Morgan fingerprint density at radius 1 is 1.07 bits per heavy atom. The number of amides is 1. The van der Waals surface area contributed by atoms with Crippen LogP contribution in [0.3, 0.4) is 0 Å². The fourth-order valence-electron chi connectivity index (χ4n) is 2.62.